The molecular weight excluding hydrogens is 258 g/mol. The van der Waals surface area contributed by atoms with Crippen LogP contribution in [0.1, 0.15) is 60.7 Å². The second kappa shape index (κ2) is 6.48. The van der Waals surface area contributed by atoms with E-state index in [0.717, 1.165) is 18.7 Å². The van der Waals surface area contributed by atoms with Crippen LogP contribution in [0.2, 0.25) is 0 Å². The number of hydrogen-bond donors (Lipinski definition) is 1. The molecule has 0 saturated heterocycles. The summed E-state index contributed by atoms with van der Waals surface area (Å²) in [7, 11) is 0. The molecule has 3 rings (SSSR count). The normalized spacial score (nSPS) is 15.7. The van der Waals surface area contributed by atoms with Gasteiger partial charge in [0.1, 0.15) is 5.76 Å². The van der Waals surface area contributed by atoms with Gasteiger partial charge in [-0.05, 0) is 55.0 Å². The van der Waals surface area contributed by atoms with Crippen molar-refractivity contribution in [2.75, 3.05) is 6.54 Å². The fourth-order valence-electron chi connectivity index (χ4n) is 3.44. The third kappa shape index (κ3) is 2.91. The van der Waals surface area contributed by atoms with Gasteiger partial charge >= 0.3 is 0 Å². The Balaban J connectivity index is 1.97. The Morgan fingerprint density at radius 3 is 2.67 bits per heavy atom. The third-order valence-corrected chi connectivity index (χ3v) is 4.53. The van der Waals surface area contributed by atoms with Crippen molar-refractivity contribution < 1.29 is 4.42 Å². The Bertz CT molecular complexity index is 599. The lowest BCUT2D eigenvalue weighted by atomic mass is 9.88. The van der Waals surface area contributed by atoms with Crippen LogP contribution in [0, 0.1) is 0 Å². The Labute approximate surface area is 127 Å². The summed E-state index contributed by atoms with van der Waals surface area (Å²) in [6.07, 6.45) is 7.90. The van der Waals surface area contributed by atoms with Crippen molar-refractivity contribution in [3.05, 3.63) is 58.5 Å². The molecule has 2 heteroatoms. The summed E-state index contributed by atoms with van der Waals surface area (Å²) in [5, 5.41) is 3.62. The van der Waals surface area contributed by atoms with Crippen LogP contribution in [-0.4, -0.2) is 6.54 Å². The average Bonchev–Trinajstić information content (AvgIpc) is 3.00. The predicted octanol–water partition coefficient (Wildman–Crippen LogP) is 4.42. The Hall–Kier alpha value is -1.54. The lowest BCUT2D eigenvalue weighted by Crippen LogP contribution is -2.23. The van der Waals surface area contributed by atoms with E-state index in [9.17, 15) is 0 Å². The van der Waals surface area contributed by atoms with E-state index in [1.165, 1.54) is 36.8 Å². The van der Waals surface area contributed by atoms with Gasteiger partial charge in [-0.3, -0.25) is 0 Å². The van der Waals surface area contributed by atoms with Gasteiger partial charge in [0.2, 0.25) is 0 Å². The molecule has 0 aliphatic heterocycles. The van der Waals surface area contributed by atoms with Gasteiger partial charge in [-0.25, -0.2) is 0 Å². The van der Waals surface area contributed by atoms with Gasteiger partial charge in [-0.2, -0.15) is 0 Å². The van der Waals surface area contributed by atoms with Crippen LogP contribution < -0.4 is 5.32 Å². The van der Waals surface area contributed by atoms with Gasteiger partial charge < -0.3 is 9.73 Å². The summed E-state index contributed by atoms with van der Waals surface area (Å²) in [6, 6.07) is 9.40. The van der Waals surface area contributed by atoms with Gasteiger partial charge in [0.25, 0.3) is 0 Å². The van der Waals surface area contributed by atoms with Gasteiger partial charge in [-0.1, -0.05) is 32.0 Å². The van der Waals surface area contributed by atoms with Crippen LogP contribution in [0.15, 0.2) is 34.9 Å². The number of hydrogen-bond acceptors (Lipinski definition) is 2. The SMILES string of the molecule is CCNC(c1ccc2c(c1)CCCC2)c1ccoc1CC. The monoisotopic (exact) mass is 283 g/mol. The van der Waals surface area contributed by atoms with E-state index in [0.29, 0.717) is 0 Å². The molecule has 2 nitrogen and oxygen atoms in total. The zero-order valence-electron chi connectivity index (χ0n) is 13.1. The maximum atomic E-state index is 5.64. The maximum absolute atomic E-state index is 5.64. The molecule has 2 aromatic rings. The second-order valence-electron chi connectivity index (χ2n) is 5.88. The highest BCUT2D eigenvalue weighted by molar-refractivity contribution is 5.40. The van der Waals surface area contributed by atoms with Crippen molar-refractivity contribution in [3.8, 4) is 0 Å². The van der Waals surface area contributed by atoms with Gasteiger partial charge in [0, 0.05) is 12.0 Å². The van der Waals surface area contributed by atoms with Gasteiger partial charge in [0.05, 0.1) is 12.3 Å². The van der Waals surface area contributed by atoms with Crippen molar-refractivity contribution >= 4 is 0 Å². The molecule has 0 radical (unpaired) electrons. The Morgan fingerprint density at radius 1 is 1.10 bits per heavy atom. The maximum Gasteiger partial charge on any atom is 0.108 e. The first-order valence-corrected chi connectivity index (χ1v) is 8.24. The van der Waals surface area contributed by atoms with E-state index < -0.39 is 0 Å². The molecule has 1 N–H and O–H groups in total. The summed E-state index contributed by atoms with van der Waals surface area (Å²) < 4.78 is 5.64. The average molecular weight is 283 g/mol. The minimum absolute atomic E-state index is 0.246. The molecule has 21 heavy (non-hydrogen) atoms. The van der Waals surface area contributed by atoms with Crippen LogP contribution >= 0.6 is 0 Å². The first-order valence-electron chi connectivity index (χ1n) is 8.24. The fraction of sp³-hybridized carbons (Fsp3) is 0.474. The molecule has 0 amide bonds. The minimum atomic E-state index is 0.246. The second-order valence-corrected chi connectivity index (χ2v) is 5.88. The van der Waals surface area contributed by atoms with E-state index in [1.54, 1.807) is 11.1 Å². The quantitative estimate of drug-likeness (QED) is 0.878. The molecule has 0 saturated carbocycles. The third-order valence-electron chi connectivity index (χ3n) is 4.53. The molecule has 1 aromatic carbocycles. The van der Waals surface area contributed by atoms with Crippen molar-refractivity contribution in [2.24, 2.45) is 0 Å². The standard InChI is InChI=1S/C19H25NO/c1-3-18-17(11-12-21-18)19(20-4-2)16-10-9-14-7-5-6-8-15(14)13-16/h9-13,19-20H,3-8H2,1-2H3. The molecular formula is C19H25NO. The number of benzene rings is 1. The van der Waals surface area contributed by atoms with Crippen molar-refractivity contribution in [3.63, 3.8) is 0 Å². The van der Waals surface area contributed by atoms with Crippen LogP contribution in [0.3, 0.4) is 0 Å². The van der Waals surface area contributed by atoms with E-state index in [1.807, 2.05) is 6.26 Å². The molecule has 1 unspecified atom stereocenters. The molecule has 112 valence electrons. The van der Waals surface area contributed by atoms with Crippen molar-refractivity contribution in [1.82, 2.24) is 5.32 Å². The summed E-state index contributed by atoms with van der Waals surface area (Å²) in [6.45, 7) is 5.27. The zero-order chi connectivity index (χ0) is 14.7. The Morgan fingerprint density at radius 2 is 1.90 bits per heavy atom. The number of furan rings is 1. The summed E-state index contributed by atoms with van der Waals surface area (Å²) in [5.74, 6) is 1.10. The molecule has 1 aromatic heterocycles. The number of fused-ring (bicyclic) bond motifs is 1. The van der Waals surface area contributed by atoms with Crippen LogP contribution in [-0.2, 0) is 19.3 Å². The zero-order valence-corrected chi connectivity index (χ0v) is 13.1. The van der Waals surface area contributed by atoms with Crippen molar-refractivity contribution in [1.29, 1.82) is 0 Å². The summed E-state index contributed by atoms with van der Waals surface area (Å²) >= 11 is 0. The highest BCUT2D eigenvalue weighted by atomic mass is 16.3. The summed E-state index contributed by atoms with van der Waals surface area (Å²) in [4.78, 5) is 0. The number of aryl methyl sites for hydroxylation is 3. The van der Waals surface area contributed by atoms with Crippen LogP contribution in [0.5, 0.6) is 0 Å². The highest BCUT2D eigenvalue weighted by Crippen LogP contribution is 2.30. The first-order chi connectivity index (χ1) is 10.3. The van der Waals surface area contributed by atoms with E-state index in [2.05, 4.69) is 43.4 Å². The smallest absolute Gasteiger partial charge is 0.108 e. The largest absolute Gasteiger partial charge is 0.469 e. The lowest BCUT2D eigenvalue weighted by molar-refractivity contribution is 0.502. The van der Waals surface area contributed by atoms with Crippen molar-refractivity contribution in [2.45, 2.75) is 52.0 Å². The van der Waals surface area contributed by atoms with Gasteiger partial charge in [-0.15, -0.1) is 0 Å². The predicted molar refractivity (Wildman–Crippen MR) is 86.7 cm³/mol. The topological polar surface area (TPSA) is 25.2 Å². The van der Waals surface area contributed by atoms with Crippen LogP contribution in [0.25, 0.3) is 0 Å². The van der Waals surface area contributed by atoms with E-state index in [-0.39, 0.29) is 6.04 Å². The first kappa shape index (κ1) is 14.4. The fourth-order valence-corrected chi connectivity index (χ4v) is 3.44. The van der Waals surface area contributed by atoms with E-state index in [4.69, 9.17) is 4.42 Å². The lowest BCUT2D eigenvalue weighted by Gasteiger charge is -2.22. The number of rotatable bonds is 5. The minimum Gasteiger partial charge on any atom is -0.469 e. The highest BCUT2D eigenvalue weighted by Gasteiger charge is 2.20. The molecule has 1 aliphatic carbocycles. The molecule has 0 fully saturated rings. The molecule has 1 atom stereocenters. The van der Waals surface area contributed by atoms with Gasteiger partial charge in [0.15, 0.2) is 0 Å². The Kier molecular flexibility index (Phi) is 4.45. The molecule has 0 bridgehead atoms. The number of nitrogens with one attached hydrogen (secondary N) is 1. The van der Waals surface area contributed by atoms with Crippen LogP contribution in [0.4, 0.5) is 0 Å². The molecule has 1 heterocycles. The van der Waals surface area contributed by atoms with E-state index >= 15 is 0 Å². The molecule has 1 aliphatic rings. The summed E-state index contributed by atoms with van der Waals surface area (Å²) in [5.41, 5.74) is 5.75. The molecule has 0 spiro atoms.